The maximum Gasteiger partial charge on any atom is 0.258 e. The van der Waals surface area contributed by atoms with Crippen molar-refractivity contribution >= 4 is 12.0 Å². The van der Waals surface area contributed by atoms with Gasteiger partial charge in [-0.15, -0.1) is 10.2 Å². The summed E-state index contributed by atoms with van der Waals surface area (Å²) in [6, 6.07) is 6.57. The molecule has 1 spiro atoms. The van der Waals surface area contributed by atoms with Gasteiger partial charge in [0.2, 0.25) is 5.89 Å². The first kappa shape index (κ1) is 20.6. The van der Waals surface area contributed by atoms with Crippen LogP contribution in [0.25, 0.3) is 6.08 Å². The van der Waals surface area contributed by atoms with Crippen LogP contribution >= 0.6 is 0 Å². The van der Waals surface area contributed by atoms with E-state index in [9.17, 15) is 9.18 Å². The number of hydrogen-bond acceptors (Lipinski definition) is 7. The van der Waals surface area contributed by atoms with Gasteiger partial charge in [0.25, 0.3) is 11.8 Å². The van der Waals surface area contributed by atoms with Gasteiger partial charge >= 0.3 is 0 Å². The molecule has 3 aromatic rings. The predicted molar refractivity (Wildman–Crippen MR) is 121 cm³/mol. The highest BCUT2D eigenvalue weighted by atomic mass is 19.1. The molecule has 0 aliphatic heterocycles. The van der Waals surface area contributed by atoms with E-state index < -0.39 is 0 Å². The van der Waals surface area contributed by atoms with Crippen LogP contribution < -0.4 is 14.8 Å². The maximum absolute atomic E-state index is 13.7. The van der Waals surface area contributed by atoms with Gasteiger partial charge in [0.15, 0.2) is 13.2 Å². The average Bonchev–Trinajstić information content (AvgIpc) is 3.33. The predicted octanol–water partition coefficient (Wildman–Crippen LogP) is 3.43. The summed E-state index contributed by atoms with van der Waals surface area (Å²) in [6.45, 7) is 1.71. The Morgan fingerprint density at radius 3 is 2.94 bits per heavy atom. The Hall–Kier alpha value is -3.75. The third-order valence-corrected chi connectivity index (χ3v) is 8.11. The number of hydrogen-bond donors (Lipinski definition) is 1. The molecule has 9 heteroatoms. The number of benzene rings is 1. The molecule has 3 atom stereocenters. The van der Waals surface area contributed by atoms with Crippen molar-refractivity contribution in [3.63, 3.8) is 0 Å². The summed E-state index contributed by atoms with van der Waals surface area (Å²) < 4.78 is 30.9. The molecule has 1 N–H and O–H groups in total. The standard InChI is InChI=1S/C26H23FN4O4/c1-15-5-6-17(8-19(15)27)33-10-21(32)29-26-13-24(12-25(24,26)14-26)23-31-30-22(35-23)11-34-18-7-16-3-2-4-20(16)28-9-18/h2,4-9H,3,10-14H2,1H3,(H,29,32). The number of pyridine rings is 1. The van der Waals surface area contributed by atoms with E-state index in [-0.39, 0.29) is 41.3 Å². The molecule has 178 valence electrons. The van der Waals surface area contributed by atoms with Crippen LogP contribution in [0.15, 0.2) is 41.0 Å². The first-order valence-corrected chi connectivity index (χ1v) is 11.7. The lowest BCUT2D eigenvalue weighted by molar-refractivity contribution is -0.124. The third-order valence-electron chi connectivity index (χ3n) is 8.11. The molecule has 2 heterocycles. The Labute approximate surface area is 200 Å². The van der Waals surface area contributed by atoms with Crippen molar-refractivity contribution in [2.24, 2.45) is 5.41 Å². The molecule has 1 amide bonds. The zero-order valence-corrected chi connectivity index (χ0v) is 19.1. The molecule has 1 aromatic carbocycles. The van der Waals surface area contributed by atoms with Crippen molar-refractivity contribution in [2.45, 2.75) is 50.2 Å². The van der Waals surface area contributed by atoms with E-state index in [0.717, 1.165) is 36.9 Å². The number of carbonyl (C=O) groups excluding carboxylic acids is 1. The van der Waals surface area contributed by atoms with Gasteiger partial charge in [-0.25, -0.2) is 4.39 Å². The van der Waals surface area contributed by atoms with Crippen LogP contribution in [0.3, 0.4) is 0 Å². The van der Waals surface area contributed by atoms with Gasteiger partial charge in [-0.3, -0.25) is 9.78 Å². The van der Waals surface area contributed by atoms with Crippen molar-refractivity contribution in [3.05, 3.63) is 71.0 Å². The van der Waals surface area contributed by atoms with Crippen LogP contribution in [0.4, 0.5) is 4.39 Å². The van der Waals surface area contributed by atoms with Crippen LogP contribution in [0.2, 0.25) is 0 Å². The molecule has 35 heavy (non-hydrogen) atoms. The first-order valence-electron chi connectivity index (χ1n) is 11.7. The Kier molecular flexibility index (Phi) is 4.06. The van der Waals surface area contributed by atoms with Crippen molar-refractivity contribution in [2.75, 3.05) is 6.61 Å². The van der Waals surface area contributed by atoms with Gasteiger partial charge in [0.05, 0.1) is 17.3 Å². The minimum atomic E-state index is -0.352. The van der Waals surface area contributed by atoms with E-state index in [1.165, 1.54) is 6.07 Å². The van der Waals surface area contributed by atoms with E-state index in [1.807, 2.05) is 12.1 Å². The van der Waals surface area contributed by atoms with E-state index >= 15 is 0 Å². The quantitative estimate of drug-likeness (QED) is 0.534. The molecule has 8 nitrogen and oxygen atoms in total. The summed E-state index contributed by atoms with van der Waals surface area (Å²) in [5, 5.41) is 11.6. The highest BCUT2D eigenvalue weighted by Gasteiger charge is 2.99. The summed E-state index contributed by atoms with van der Waals surface area (Å²) in [7, 11) is 0. The van der Waals surface area contributed by atoms with Crippen molar-refractivity contribution in [1.29, 1.82) is 0 Å². The summed E-state index contributed by atoms with van der Waals surface area (Å²) in [6.07, 6.45) is 9.24. The maximum atomic E-state index is 13.7. The molecule has 3 fully saturated rings. The second-order valence-corrected chi connectivity index (χ2v) is 10.1. The molecule has 0 saturated heterocycles. The molecular formula is C26H23FN4O4. The summed E-state index contributed by atoms with van der Waals surface area (Å²) in [5.74, 6) is 1.51. The van der Waals surface area contributed by atoms with Gasteiger partial charge in [0, 0.05) is 17.0 Å². The fourth-order valence-corrected chi connectivity index (χ4v) is 6.19. The van der Waals surface area contributed by atoms with Crippen molar-refractivity contribution in [1.82, 2.24) is 20.5 Å². The zero-order valence-electron chi connectivity index (χ0n) is 19.1. The molecule has 0 radical (unpaired) electrons. The fourth-order valence-electron chi connectivity index (χ4n) is 6.19. The van der Waals surface area contributed by atoms with Gasteiger partial charge < -0.3 is 19.2 Å². The third kappa shape index (κ3) is 2.96. The number of amides is 1. The Balaban J connectivity index is 0.940. The minimum Gasteiger partial charge on any atom is -0.484 e. The number of carbonyl (C=O) groups is 1. The summed E-state index contributed by atoms with van der Waals surface area (Å²) in [4.78, 5) is 16.9. The van der Waals surface area contributed by atoms with Crippen LogP contribution in [-0.2, 0) is 23.2 Å². The van der Waals surface area contributed by atoms with Crippen molar-refractivity contribution in [3.8, 4) is 11.5 Å². The number of nitrogens with one attached hydrogen (secondary N) is 1. The second-order valence-electron chi connectivity index (χ2n) is 10.1. The molecule has 4 aliphatic rings. The number of halogens is 1. The Bertz CT molecular complexity index is 1420. The lowest BCUT2D eigenvalue weighted by Gasteiger charge is -2.32. The lowest BCUT2D eigenvalue weighted by Crippen LogP contribution is -2.50. The number of aromatic nitrogens is 3. The summed E-state index contributed by atoms with van der Waals surface area (Å²) >= 11 is 0. The SMILES string of the molecule is Cc1ccc(OCC(=O)NC23CC4(c5nnc(COc6cnc7c(c6)CC=C7)o5)CC24C3)cc1F. The number of rotatable bonds is 8. The lowest BCUT2D eigenvalue weighted by atomic mass is 9.79. The normalized spacial score (nSPS) is 28.4. The molecule has 3 unspecified atom stereocenters. The Morgan fingerprint density at radius 1 is 1.17 bits per heavy atom. The highest BCUT2D eigenvalue weighted by Crippen LogP contribution is 2.95. The molecule has 0 bridgehead atoms. The average molecular weight is 474 g/mol. The van der Waals surface area contributed by atoms with E-state index in [1.54, 1.807) is 25.3 Å². The number of aryl methyl sites for hydroxylation is 1. The largest absolute Gasteiger partial charge is 0.484 e. The number of ether oxygens (including phenoxy) is 2. The summed E-state index contributed by atoms with van der Waals surface area (Å²) in [5.41, 5.74) is 2.30. The molecular weight excluding hydrogens is 451 g/mol. The second kappa shape index (κ2) is 6.90. The zero-order chi connectivity index (χ0) is 23.8. The molecule has 2 aromatic heterocycles. The van der Waals surface area contributed by atoms with Gasteiger partial charge in [0.1, 0.15) is 17.3 Å². The van der Waals surface area contributed by atoms with Crippen LogP contribution in [0.5, 0.6) is 11.5 Å². The first-order chi connectivity index (χ1) is 16.9. The molecule has 4 aliphatic carbocycles. The van der Waals surface area contributed by atoms with Crippen LogP contribution in [-0.4, -0.2) is 33.2 Å². The molecule has 3 saturated carbocycles. The smallest absolute Gasteiger partial charge is 0.258 e. The van der Waals surface area contributed by atoms with Gasteiger partial charge in [-0.05, 0) is 61.9 Å². The number of allylic oxidation sites excluding steroid dienone is 1. The van der Waals surface area contributed by atoms with Gasteiger partial charge in [-0.1, -0.05) is 12.1 Å². The van der Waals surface area contributed by atoms with Crippen molar-refractivity contribution < 1.29 is 23.1 Å². The topological polar surface area (TPSA) is 99.4 Å². The minimum absolute atomic E-state index is 0.00713. The molecule has 7 rings (SSSR count). The monoisotopic (exact) mass is 474 g/mol. The van der Waals surface area contributed by atoms with Gasteiger partial charge in [-0.2, -0.15) is 0 Å². The number of nitrogens with zero attached hydrogens (tertiary/aromatic N) is 3. The fraction of sp³-hybridized carbons (Fsp3) is 0.385. The van der Waals surface area contributed by atoms with E-state index in [2.05, 4.69) is 26.6 Å². The van der Waals surface area contributed by atoms with E-state index in [4.69, 9.17) is 13.9 Å². The highest BCUT2D eigenvalue weighted by molar-refractivity contribution is 5.81. The Morgan fingerprint density at radius 2 is 2.09 bits per heavy atom. The van der Waals surface area contributed by atoms with Crippen LogP contribution in [0, 0.1) is 18.2 Å². The van der Waals surface area contributed by atoms with E-state index in [0.29, 0.717) is 28.8 Å². The van der Waals surface area contributed by atoms with Crippen LogP contribution in [0.1, 0.15) is 47.9 Å². The number of fused-ring (bicyclic) bond motifs is 1.